The molecular formula is C22H22O6. The second kappa shape index (κ2) is 7.37. The van der Waals surface area contributed by atoms with E-state index in [0.717, 1.165) is 12.8 Å². The van der Waals surface area contributed by atoms with Crippen LogP contribution in [-0.2, 0) is 20.0 Å². The molecule has 0 amide bonds. The summed E-state index contributed by atoms with van der Waals surface area (Å²) in [5, 5.41) is 10.00. The first-order chi connectivity index (χ1) is 13.6. The summed E-state index contributed by atoms with van der Waals surface area (Å²) in [6.07, 6.45) is 1.35. The average Bonchev–Trinajstić information content (AvgIpc) is 2.72. The summed E-state index contributed by atoms with van der Waals surface area (Å²) in [7, 11) is 0. The lowest BCUT2D eigenvalue weighted by molar-refractivity contribution is -0.319. The first-order valence-corrected chi connectivity index (χ1v) is 9.56. The largest absolute Gasteiger partial charge is 0.478 e. The van der Waals surface area contributed by atoms with Gasteiger partial charge >= 0.3 is 5.97 Å². The van der Waals surface area contributed by atoms with E-state index in [-0.39, 0.29) is 18.6 Å². The number of carbonyl (C=O) groups is 2. The van der Waals surface area contributed by atoms with Gasteiger partial charge in [0, 0.05) is 16.7 Å². The van der Waals surface area contributed by atoms with Gasteiger partial charge < -0.3 is 9.47 Å². The molecule has 1 aliphatic heterocycles. The molecule has 1 N–H and O–H groups in total. The molecule has 1 aliphatic carbocycles. The highest BCUT2D eigenvalue weighted by atomic mass is 17.1. The summed E-state index contributed by atoms with van der Waals surface area (Å²) < 4.78 is 11.3. The molecule has 2 unspecified atom stereocenters. The predicted molar refractivity (Wildman–Crippen MR) is 100 cm³/mol. The first-order valence-electron chi connectivity index (χ1n) is 9.56. The Labute approximate surface area is 163 Å². The van der Waals surface area contributed by atoms with Gasteiger partial charge in [-0.15, -0.1) is 0 Å². The van der Waals surface area contributed by atoms with Gasteiger partial charge in [0.05, 0.1) is 12.2 Å². The van der Waals surface area contributed by atoms with Gasteiger partial charge in [0.25, 0.3) is 0 Å². The van der Waals surface area contributed by atoms with Crippen LogP contribution in [0.4, 0.5) is 0 Å². The van der Waals surface area contributed by atoms with Crippen molar-refractivity contribution < 1.29 is 29.2 Å². The number of fused-ring (bicyclic) bond motifs is 2. The maximum atomic E-state index is 13.2. The molecule has 4 rings (SSSR count). The molecule has 0 aromatic heterocycles. The summed E-state index contributed by atoms with van der Waals surface area (Å²) >= 11 is 0. The van der Waals surface area contributed by atoms with E-state index in [2.05, 4.69) is 0 Å². The summed E-state index contributed by atoms with van der Waals surface area (Å²) in [5.41, 5.74) is 0.688. The van der Waals surface area contributed by atoms with E-state index < -0.39 is 17.7 Å². The predicted octanol–water partition coefficient (Wildman–Crippen LogP) is 3.85. The number of ether oxygens (including phenoxy) is 2. The average molecular weight is 382 g/mol. The fourth-order valence-corrected chi connectivity index (χ4v) is 4.05. The standard InChI is InChI=1S/C22H22O6/c1-2-3-13-26-21(24)18-11-12-22(28-25)15-8-5-4-7-14(15)20(23)19-16(22)9-6-10-17(19)27-18/h4-10,18,25H,2-3,11-13H2,1H3. The van der Waals surface area contributed by atoms with Crippen molar-refractivity contribution in [3.8, 4) is 5.75 Å². The van der Waals surface area contributed by atoms with Crippen LogP contribution in [0.15, 0.2) is 42.5 Å². The van der Waals surface area contributed by atoms with E-state index in [1.54, 1.807) is 42.5 Å². The van der Waals surface area contributed by atoms with Crippen LogP contribution in [-0.4, -0.2) is 29.7 Å². The lowest BCUT2D eigenvalue weighted by Crippen LogP contribution is -2.42. The zero-order valence-corrected chi connectivity index (χ0v) is 15.6. The number of ketones is 1. The van der Waals surface area contributed by atoms with Crippen molar-refractivity contribution in [1.82, 2.24) is 0 Å². The zero-order valence-electron chi connectivity index (χ0n) is 15.6. The smallest absolute Gasteiger partial charge is 0.347 e. The normalized spacial score (nSPS) is 22.5. The van der Waals surface area contributed by atoms with Crippen LogP contribution in [0.25, 0.3) is 0 Å². The second-order valence-electron chi connectivity index (χ2n) is 7.14. The van der Waals surface area contributed by atoms with Gasteiger partial charge in [-0.05, 0) is 25.3 Å². The van der Waals surface area contributed by atoms with Gasteiger partial charge in [-0.2, -0.15) is 0 Å². The van der Waals surface area contributed by atoms with Crippen molar-refractivity contribution in [3.63, 3.8) is 0 Å². The third-order valence-corrected chi connectivity index (χ3v) is 5.48. The van der Waals surface area contributed by atoms with E-state index in [4.69, 9.17) is 14.4 Å². The summed E-state index contributed by atoms with van der Waals surface area (Å²) in [4.78, 5) is 30.8. The maximum Gasteiger partial charge on any atom is 0.347 e. The lowest BCUT2D eigenvalue weighted by atomic mass is 9.71. The number of carbonyl (C=O) groups excluding carboxylic acids is 2. The number of hydrogen-bond donors (Lipinski definition) is 1. The SMILES string of the molecule is CCCCOC(=O)C1CCC2(OO)c3ccccc3C(=O)c3c(cccc32)O1. The van der Waals surface area contributed by atoms with Gasteiger partial charge in [-0.1, -0.05) is 49.7 Å². The zero-order chi connectivity index (χ0) is 19.7. The third kappa shape index (κ3) is 2.80. The van der Waals surface area contributed by atoms with Crippen LogP contribution in [0.2, 0.25) is 0 Å². The van der Waals surface area contributed by atoms with Crippen molar-refractivity contribution >= 4 is 11.8 Å². The fourth-order valence-electron chi connectivity index (χ4n) is 4.05. The molecule has 6 heteroatoms. The van der Waals surface area contributed by atoms with Crippen LogP contribution >= 0.6 is 0 Å². The minimum atomic E-state index is -1.23. The molecule has 0 saturated heterocycles. The molecule has 6 nitrogen and oxygen atoms in total. The van der Waals surface area contributed by atoms with Gasteiger partial charge in [0.15, 0.2) is 17.5 Å². The van der Waals surface area contributed by atoms with Crippen molar-refractivity contribution in [2.75, 3.05) is 6.61 Å². The molecule has 146 valence electrons. The van der Waals surface area contributed by atoms with Crippen LogP contribution in [0.5, 0.6) is 5.75 Å². The van der Waals surface area contributed by atoms with Gasteiger partial charge in [0.2, 0.25) is 0 Å². The molecule has 2 aliphatic rings. The molecule has 0 fully saturated rings. The number of unbranched alkanes of at least 4 members (excludes halogenated alkanes) is 1. The van der Waals surface area contributed by atoms with E-state index >= 15 is 0 Å². The topological polar surface area (TPSA) is 82.1 Å². The lowest BCUT2D eigenvalue weighted by Gasteiger charge is -2.40. The fraction of sp³-hybridized carbons (Fsp3) is 0.364. The maximum absolute atomic E-state index is 13.2. The van der Waals surface area contributed by atoms with Gasteiger partial charge in [-0.25, -0.2) is 9.68 Å². The van der Waals surface area contributed by atoms with Crippen LogP contribution in [0, 0.1) is 0 Å². The molecule has 0 radical (unpaired) electrons. The summed E-state index contributed by atoms with van der Waals surface area (Å²) in [5.74, 6) is -0.385. The molecule has 2 atom stereocenters. The molecule has 1 heterocycles. The van der Waals surface area contributed by atoms with Crippen LogP contribution in [0.3, 0.4) is 0 Å². The summed E-state index contributed by atoms with van der Waals surface area (Å²) in [6, 6.07) is 12.2. The number of benzene rings is 2. The van der Waals surface area contributed by atoms with E-state index in [9.17, 15) is 14.8 Å². The quantitative estimate of drug-likeness (QED) is 0.366. The Balaban J connectivity index is 1.81. The Kier molecular flexibility index (Phi) is 4.91. The van der Waals surface area contributed by atoms with Gasteiger partial charge in [0.1, 0.15) is 5.75 Å². The molecule has 4 bridgehead atoms. The highest BCUT2D eigenvalue weighted by molar-refractivity contribution is 6.14. The van der Waals surface area contributed by atoms with Gasteiger partial charge in [-0.3, -0.25) is 10.1 Å². The van der Waals surface area contributed by atoms with Crippen LogP contribution < -0.4 is 4.74 Å². The molecule has 0 spiro atoms. The van der Waals surface area contributed by atoms with E-state index in [1.165, 1.54) is 0 Å². The number of esters is 1. The second-order valence-corrected chi connectivity index (χ2v) is 7.14. The Morgan fingerprint density at radius 1 is 1.21 bits per heavy atom. The van der Waals surface area contributed by atoms with E-state index in [0.29, 0.717) is 34.6 Å². The van der Waals surface area contributed by atoms with Crippen molar-refractivity contribution in [2.45, 2.75) is 44.3 Å². The van der Waals surface area contributed by atoms with E-state index in [1.807, 2.05) is 6.92 Å². The molecule has 0 saturated carbocycles. The van der Waals surface area contributed by atoms with Crippen molar-refractivity contribution in [2.24, 2.45) is 0 Å². The number of hydrogen-bond acceptors (Lipinski definition) is 6. The third-order valence-electron chi connectivity index (χ3n) is 5.48. The Morgan fingerprint density at radius 2 is 2.00 bits per heavy atom. The number of rotatable bonds is 5. The van der Waals surface area contributed by atoms with Crippen LogP contribution in [0.1, 0.15) is 59.7 Å². The molecule has 2 aromatic carbocycles. The minimum Gasteiger partial charge on any atom is -0.478 e. The Hall–Kier alpha value is -2.70. The Bertz CT molecular complexity index is 921. The first kappa shape index (κ1) is 18.7. The van der Waals surface area contributed by atoms with Crippen molar-refractivity contribution in [1.29, 1.82) is 0 Å². The summed E-state index contributed by atoms with van der Waals surface area (Å²) in [6.45, 7) is 2.34. The molecular weight excluding hydrogens is 360 g/mol. The molecule has 2 aromatic rings. The monoisotopic (exact) mass is 382 g/mol. The highest BCUT2D eigenvalue weighted by Gasteiger charge is 2.48. The Morgan fingerprint density at radius 3 is 2.79 bits per heavy atom. The molecule has 28 heavy (non-hydrogen) atoms. The minimum absolute atomic E-state index is 0.214. The van der Waals surface area contributed by atoms with Crippen molar-refractivity contribution in [3.05, 3.63) is 64.7 Å². The highest BCUT2D eigenvalue weighted by Crippen LogP contribution is 2.49.